The van der Waals surface area contributed by atoms with Crippen LogP contribution >= 0.6 is 0 Å². The predicted molar refractivity (Wildman–Crippen MR) is 105 cm³/mol. The second-order valence-electron chi connectivity index (χ2n) is 7.91. The highest BCUT2D eigenvalue weighted by Crippen LogP contribution is 2.27. The molecule has 0 radical (unpaired) electrons. The van der Waals surface area contributed by atoms with Crippen LogP contribution in [0.25, 0.3) is 0 Å². The number of amides is 2. The lowest BCUT2D eigenvalue weighted by Crippen LogP contribution is -2.46. The minimum absolute atomic E-state index is 0.172. The van der Waals surface area contributed by atoms with Crippen molar-refractivity contribution in [2.75, 3.05) is 13.1 Å². The number of benzene rings is 1. The van der Waals surface area contributed by atoms with Crippen molar-refractivity contribution in [1.29, 1.82) is 0 Å². The van der Waals surface area contributed by atoms with Crippen LogP contribution in [0.2, 0.25) is 0 Å². The number of carbonyl (C=O) groups is 2. The topological polar surface area (TPSA) is 58.6 Å². The van der Waals surface area contributed by atoms with E-state index in [2.05, 4.69) is 5.32 Å². The number of carbonyl (C=O) groups excluding carboxylic acids is 2. The molecule has 1 aromatic carbocycles. The van der Waals surface area contributed by atoms with E-state index < -0.39 is 0 Å². The Morgan fingerprint density at radius 3 is 2.41 bits per heavy atom. The molecule has 1 heterocycles. The van der Waals surface area contributed by atoms with E-state index >= 15 is 0 Å². The van der Waals surface area contributed by atoms with Gasteiger partial charge in [-0.15, -0.1) is 0 Å². The number of ether oxygens (including phenoxy) is 1. The van der Waals surface area contributed by atoms with Crippen LogP contribution < -0.4 is 5.32 Å². The maximum atomic E-state index is 12.2. The van der Waals surface area contributed by atoms with Gasteiger partial charge in [-0.1, -0.05) is 62.4 Å². The average Bonchev–Trinajstić information content (AvgIpc) is 2.72. The van der Waals surface area contributed by atoms with Gasteiger partial charge in [0.25, 0.3) is 0 Å². The zero-order valence-corrected chi connectivity index (χ0v) is 16.2. The van der Waals surface area contributed by atoms with Crippen molar-refractivity contribution in [3.8, 4) is 0 Å². The highest BCUT2D eigenvalue weighted by atomic mass is 16.6. The van der Waals surface area contributed by atoms with Gasteiger partial charge >= 0.3 is 6.09 Å². The highest BCUT2D eigenvalue weighted by molar-refractivity contribution is 5.76. The molecule has 2 amide bonds. The molecular weight excluding hydrogens is 340 g/mol. The fourth-order valence-electron chi connectivity index (χ4n) is 4.13. The minimum atomic E-state index is -0.263. The third-order valence-electron chi connectivity index (χ3n) is 5.83. The van der Waals surface area contributed by atoms with Crippen molar-refractivity contribution in [2.45, 2.75) is 70.4 Å². The Morgan fingerprint density at radius 2 is 1.70 bits per heavy atom. The Balaban J connectivity index is 1.31. The van der Waals surface area contributed by atoms with Crippen molar-refractivity contribution >= 4 is 12.0 Å². The van der Waals surface area contributed by atoms with Crippen LogP contribution in [0.15, 0.2) is 30.3 Å². The van der Waals surface area contributed by atoms with Crippen molar-refractivity contribution < 1.29 is 14.3 Å². The second kappa shape index (κ2) is 10.3. The van der Waals surface area contributed by atoms with Gasteiger partial charge in [0.05, 0.1) is 0 Å². The van der Waals surface area contributed by atoms with Gasteiger partial charge in [0.2, 0.25) is 5.91 Å². The Hall–Kier alpha value is -2.04. The summed E-state index contributed by atoms with van der Waals surface area (Å²) in [6, 6.07) is 9.89. The third kappa shape index (κ3) is 6.56. The van der Waals surface area contributed by atoms with Gasteiger partial charge in [0.1, 0.15) is 6.61 Å². The van der Waals surface area contributed by atoms with Gasteiger partial charge in [0.15, 0.2) is 0 Å². The summed E-state index contributed by atoms with van der Waals surface area (Å²) in [5.74, 6) is 0.913. The van der Waals surface area contributed by atoms with Crippen LogP contribution in [0.1, 0.15) is 63.4 Å². The summed E-state index contributed by atoms with van der Waals surface area (Å²) in [5.41, 5.74) is 0.992. The molecule has 2 aliphatic rings. The monoisotopic (exact) mass is 372 g/mol. The fraction of sp³-hybridized carbons (Fsp3) is 0.636. The maximum absolute atomic E-state index is 12.2. The summed E-state index contributed by atoms with van der Waals surface area (Å²) in [4.78, 5) is 26.2. The molecule has 2 fully saturated rings. The molecule has 0 bridgehead atoms. The molecule has 1 N–H and O–H groups in total. The molecule has 1 aliphatic carbocycles. The molecule has 148 valence electrons. The van der Waals surface area contributed by atoms with Crippen molar-refractivity contribution in [2.24, 2.45) is 5.92 Å². The number of hydrogen-bond donors (Lipinski definition) is 1. The van der Waals surface area contributed by atoms with Gasteiger partial charge in [-0.25, -0.2) is 4.79 Å². The smallest absolute Gasteiger partial charge is 0.410 e. The van der Waals surface area contributed by atoms with Gasteiger partial charge < -0.3 is 15.0 Å². The first-order valence-electron chi connectivity index (χ1n) is 10.5. The number of hydrogen-bond acceptors (Lipinski definition) is 3. The van der Waals surface area contributed by atoms with Crippen LogP contribution in [0.4, 0.5) is 4.79 Å². The number of likely N-dealkylation sites (tertiary alicyclic amines) is 1. The normalized spacial score (nSPS) is 18.9. The Kier molecular flexibility index (Phi) is 7.55. The molecule has 1 saturated carbocycles. The molecule has 27 heavy (non-hydrogen) atoms. The zero-order chi connectivity index (χ0) is 18.9. The first-order valence-corrected chi connectivity index (χ1v) is 10.5. The van der Waals surface area contributed by atoms with E-state index in [0.29, 0.717) is 26.1 Å². The SMILES string of the molecule is O=C(CCC1CCCCC1)NC1CCN(C(=O)OCc2ccccc2)CC1. The largest absolute Gasteiger partial charge is 0.445 e. The highest BCUT2D eigenvalue weighted by Gasteiger charge is 2.25. The number of rotatable bonds is 6. The molecule has 5 nitrogen and oxygen atoms in total. The van der Waals surface area contributed by atoms with E-state index in [1.54, 1.807) is 4.90 Å². The van der Waals surface area contributed by atoms with Gasteiger partial charge in [-0.2, -0.15) is 0 Å². The Labute approximate surface area is 162 Å². The van der Waals surface area contributed by atoms with Crippen LogP contribution in [-0.2, 0) is 16.1 Å². The minimum Gasteiger partial charge on any atom is -0.445 e. The summed E-state index contributed by atoms with van der Waals surface area (Å²) in [5, 5.41) is 3.16. The first-order chi connectivity index (χ1) is 13.2. The Bertz CT molecular complexity index is 591. The van der Waals surface area contributed by atoms with E-state index in [-0.39, 0.29) is 18.0 Å². The summed E-state index contributed by atoms with van der Waals surface area (Å²) in [6.07, 6.45) is 9.59. The van der Waals surface area contributed by atoms with Crippen LogP contribution in [-0.4, -0.2) is 36.0 Å². The number of nitrogens with one attached hydrogen (secondary N) is 1. The lowest BCUT2D eigenvalue weighted by atomic mass is 9.86. The first kappa shape index (κ1) is 19.7. The van der Waals surface area contributed by atoms with Crippen LogP contribution in [0, 0.1) is 5.92 Å². The molecule has 1 saturated heterocycles. The molecule has 0 atom stereocenters. The quantitative estimate of drug-likeness (QED) is 0.811. The number of nitrogens with zero attached hydrogens (tertiary/aromatic N) is 1. The summed E-state index contributed by atoms with van der Waals surface area (Å²) < 4.78 is 5.39. The van der Waals surface area contributed by atoms with E-state index in [1.165, 1.54) is 32.1 Å². The molecular formula is C22H32N2O3. The maximum Gasteiger partial charge on any atom is 0.410 e. The summed E-state index contributed by atoms with van der Waals surface area (Å²) in [7, 11) is 0. The number of piperidine rings is 1. The van der Waals surface area contributed by atoms with Crippen LogP contribution in [0.3, 0.4) is 0 Å². The lowest BCUT2D eigenvalue weighted by Gasteiger charge is -2.32. The molecule has 0 aromatic heterocycles. The van der Waals surface area contributed by atoms with Gasteiger partial charge in [-0.3, -0.25) is 4.79 Å². The van der Waals surface area contributed by atoms with E-state index in [1.807, 2.05) is 30.3 Å². The zero-order valence-electron chi connectivity index (χ0n) is 16.2. The van der Waals surface area contributed by atoms with Crippen molar-refractivity contribution in [3.05, 3.63) is 35.9 Å². The molecule has 5 heteroatoms. The van der Waals surface area contributed by atoms with E-state index in [9.17, 15) is 9.59 Å². The average molecular weight is 373 g/mol. The van der Waals surface area contributed by atoms with Gasteiger partial charge in [-0.05, 0) is 30.7 Å². The molecule has 1 aliphatic heterocycles. The molecule has 1 aromatic rings. The van der Waals surface area contributed by atoms with Gasteiger partial charge in [0, 0.05) is 25.6 Å². The van der Waals surface area contributed by atoms with E-state index in [0.717, 1.165) is 30.7 Å². The third-order valence-corrected chi connectivity index (χ3v) is 5.83. The standard InChI is InChI=1S/C22H32N2O3/c25-21(12-11-18-7-3-1-4-8-18)23-20-13-15-24(16-14-20)22(26)27-17-19-9-5-2-6-10-19/h2,5-6,9-10,18,20H,1,3-4,7-8,11-17H2,(H,23,25). The summed E-state index contributed by atoms with van der Waals surface area (Å²) in [6.45, 7) is 1.58. The molecule has 0 spiro atoms. The van der Waals surface area contributed by atoms with E-state index in [4.69, 9.17) is 4.74 Å². The van der Waals surface area contributed by atoms with Crippen molar-refractivity contribution in [3.63, 3.8) is 0 Å². The van der Waals surface area contributed by atoms with Crippen molar-refractivity contribution in [1.82, 2.24) is 10.2 Å². The fourth-order valence-corrected chi connectivity index (χ4v) is 4.13. The Morgan fingerprint density at radius 1 is 1.00 bits per heavy atom. The lowest BCUT2D eigenvalue weighted by molar-refractivity contribution is -0.122. The summed E-state index contributed by atoms with van der Waals surface area (Å²) >= 11 is 0. The second-order valence-corrected chi connectivity index (χ2v) is 7.91. The predicted octanol–water partition coefficient (Wildman–Crippen LogP) is 4.26. The van der Waals surface area contributed by atoms with Crippen LogP contribution in [0.5, 0.6) is 0 Å². The molecule has 0 unspecified atom stereocenters. The molecule has 3 rings (SSSR count).